The SMILES string of the molecule is CC(C)(C)[Si](C)(C)OC[C@@H]1CC(=O)O1. The fraction of sp³-hybridized carbons (Fsp3) is 0.900. The van der Waals surface area contributed by atoms with E-state index in [4.69, 9.17) is 9.16 Å². The molecule has 3 nitrogen and oxygen atoms in total. The molecule has 0 aromatic rings. The van der Waals surface area contributed by atoms with E-state index in [9.17, 15) is 4.79 Å². The molecule has 82 valence electrons. The van der Waals surface area contributed by atoms with Gasteiger partial charge in [0.25, 0.3) is 0 Å². The average molecular weight is 216 g/mol. The zero-order valence-corrected chi connectivity index (χ0v) is 10.7. The van der Waals surface area contributed by atoms with Crippen molar-refractivity contribution in [3.8, 4) is 0 Å². The van der Waals surface area contributed by atoms with Crippen LogP contribution in [0.15, 0.2) is 0 Å². The molecule has 0 aromatic carbocycles. The number of hydrogen-bond donors (Lipinski definition) is 0. The maximum atomic E-state index is 10.6. The maximum absolute atomic E-state index is 10.6. The fourth-order valence-corrected chi connectivity index (χ4v) is 2.01. The van der Waals surface area contributed by atoms with Gasteiger partial charge in [-0.2, -0.15) is 0 Å². The highest BCUT2D eigenvalue weighted by Gasteiger charge is 2.39. The average Bonchev–Trinajstić information content (AvgIpc) is 1.93. The Bertz CT molecular complexity index is 222. The van der Waals surface area contributed by atoms with Gasteiger partial charge in [0.1, 0.15) is 6.10 Å². The second kappa shape index (κ2) is 3.66. The topological polar surface area (TPSA) is 35.5 Å². The third-order valence-corrected chi connectivity index (χ3v) is 7.63. The van der Waals surface area contributed by atoms with Crippen LogP contribution in [0.4, 0.5) is 0 Å². The molecule has 1 saturated heterocycles. The molecule has 0 bridgehead atoms. The van der Waals surface area contributed by atoms with E-state index in [-0.39, 0.29) is 17.1 Å². The summed E-state index contributed by atoms with van der Waals surface area (Å²) in [7, 11) is -1.66. The summed E-state index contributed by atoms with van der Waals surface area (Å²) < 4.78 is 10.8. The molecule has 1 atom stereocenters. The highest BCUT2D eigenvalue weighted by atomic mass is 28.4. The lowest BCUT2D eigenvalue weighted by Gasteiger charge is -2.38. The number of rotatable bonds is 3. The molecule has 1 aliphatic heterocycles. The van der Waals surface area contributed by atoms with E-state index in [1.807, 2.05) is 0 Å². The van der Waals surface area contributed by atoms with Crippen LogP contribution in [0.25, 0.3) is 0 Å². The Balaban J connectivity index is 2.33. The molecule has 0 radical (unpaired) electrons. The van der Waals surface area contributed by atoms with Crippen molar-refractivity contribution in [2.75, 3.05) is 6.61 Å². The van der Waals surface area contributed by atoms with Crippen LogP contribution < -0.4 is 0 Å². The van der Waals surface area contributed by atoms with Crippen molar-refractivity contribution in [1.82, 2.24) is 0 Å². The third kappa shape index (κ3) is 2.57. The number of carbonyl (C=O) groups excluding carboxylic acids is 1. The molecule has 0 amide bonds. The van der Waals surface area contributed by atoms with Crippen LogP contribution in [0, 0.1) is 0 Å². The Kier molecular flexibility index (Phi) is 3.06. The molecule has 0 spiro atoms. The summed E-state index contributed by atoms with van der Waals surface area (Å²) in [6, 6.07) is 0. The van der Waals surface area contributed by atoms with Gasteiger partial charge in [0.05, 0.1) is 13.0 Å². The smallest absolute Gasteiger partial charge is 0.310 e. The summed E-state index contributed by atoms with van der Waals surface area (Å²) in [5, 5.41) is 0.223. The number of ether oxygens (including phenoxy) is 1. The molecule has 0 aliphatic carbocycles. The highest BCUT2D eigenvalue weighted by Crippen LogP contribution is 2.36. The van der Waals surface area contributed by atoms with Crippen LogP contribution in [-0.2, 0) is 14.0 Å². The van der Waals surface area contributed by atoms with Crippen LogP contribution >= 0.6 is 0 Å². The van der Waals surface area contributed by atoms with Gasteiger partial charge in [-0.25, -0.2) is 0 Å². The Morgan fingerprint density at radius 2 is 2.00 bits per heavy atom. The van der Waals surface area contributed by atoms with E-state index in [2.05, 4.69) is 33.9 Å². The Morgan fingerprint density at radius 3 is 2.36 bits per heavy atom. The summed E-state index contributed by atoms with van der Waals surface area (Å²) >= 11 is 0. The highest BCUT2D eigenvalue weighted by molar-refractivity contribution is 6.74. The Morgan fingerprint density at radius 1 is 1.50 bits per heavy atom. The first-order valence-electron chi connectivity index (χ1n) is 5.06. The third-order valence-electron chi connectivity index (χ3n) is 3.13. The lowest BCUT2D eigenvalue weighted by atomic mass is 10.2. The van der Waals surface area contributed by atoms with E-state index < -0.39 is 8.32 Å². The number of hydrogen-bond acceptors (Lipinski definition) is 3. The minimum Gasteiger partial charge on any atom is -0.459 e. The van der Waals surface area contributed by atoms with Gasteiger partial charge >= 0.3 is 5.97 Å². The second-order valence-corrected chi connectivity index (χ2v) is 10.2. The summed E-state index contributed by atoms with van der Waals surface area (Å²) in [5.74, 6) is -0.103. The Labute approximate surface area is 86.9 Å². The van der Waals surface area contributed by atoms with Crippen molar-refractivity contribution in [3.63, 3.8) is 0 Å². The lowest BCUT2D eigenvalue weighted by molar-refractivity contribution is -0.172. The fourth-order valence-electron chi connectivity index (χ4n) is 0.973. The molecular weight excluding hydrogens is 196 g/mol. The second-order valence-electron chi connectivity index (χ2n) is 5.39. The van der Waals surface area contributed by atoms with Crippen molar-refractivity contribution >= 4 is 14.3 Å². The van der Waals surface area contributed by atoms with Crippen molar-refractivity contribution in [3.05, 3.63) is 0 Å². The van der Waals surface area contributed by atoms with Crippen LogP contribution in [0.5, 0.6) is 0 Å². The standard InChI is InChI=1S/C10H20O3Si/c1-10(2,3)14(4,5)12-7-8-6-9(11)13-8/h8H,6-7H2,1-5H3/t8-/m0/s1. The monoisotopic (exact) mass is 216 g/mol. The zero-order chi connectivity index (χ0) is 11.0. The van der Waals surface area contributed by atoms with E-state index >= 15 is 0 Å². The predicted octanol–water partition coefficient (Wildman–Crippen LogP) is 2.32. The molecule has 0 unspecified atom stereocenters. The number of esters is 1. The van der Waals surface area contributed by atoms with Gasteiger partial charge in [-0.3, -0.25) is 4.79 Å². The molecule has 1 fully saturated rings. The quantitative estimate of drug-likeness (QED) is 0.536. The molecule has 1 heterocycles. The first kappa shape index (κ1) is 11.7. The van der Waals surface area contributed by atoms with E-state index in [1.165, 1.54) is 0 Å². The van der Waals surface area contributed by atoms with Crippen molar-refractivity contribution in [2.45, 2.75) is 51.4 Å². The minimum absolute atomic E-state index is 0.0108. The molecule has 1 rings (SSSR count). The van der Waals surface area contributed by atoms with Crippen LogP contribution in [0.1, 0.15) is 27.2 Å². The summed E-state index contributed by atoms with van der Waals surface area (Å²) in [6.45, 7) is 11.6. The van der Waals surface area contributed by atoms with Crippen LogP contribution in [0.2, 0.25) is 18.1 Å². The summed E-state index contributed by atoms with van der Waals surface area (Å²) in [4.78, 5) is 10.6. The molecule has 0 aromatic heterocycles. The van der Waals surface area contributed by atoms with Crippen molar-refractivity contribution in [1.29, 1.82) is 0 Å². The maximum Gasteiger partial charge on any atom is 0.310 e. The molecule has 0 saturated carbocycles. The number of carbonyl (C=O) groups is 1. The number of cyclic esters (lactones) is 1. The normalized spacial score (nSPS) is 22.9. The van der Waals surface area contributed by atoms with Gasteiger partial charge in [-0.1, -0.05) is 20.8 Å². The van der Waals surface area contributed by atoms with Gasteiger partial charge in [-0.15, -0.1) is 0 Å². The zero-order valence-electron chi connectivity index (χ0n) is 9.72. The van der Waals surface area contributed by atoms with Crippen LogP contribution in [-0.4, -0.2) is 27.0 Å². The predicted molar refractivity (Wildman–Crippen MR) is 57.6 cm³/mol. The molecular formula is C10H20O3Si. The largest absolute Gasteiger partial charge is 0.459 e. The minimum atomic E-state index is -1.66. The first-order valence-corrected chi connectivity index (χ1v) is 7.97. The van der Waals surface area contributed by atoms with E-state index in [0.29, 0.717) is 13.0 Å². The van der Waals surface area contributed by atoms with Gasteiger partial charge < -0.3 is 9.16 Å². The first-order chi connectivity index (χ1) is 6.22. The summed E-state index contributed by atoms with van der Waals surface area (Å²) in [6.07, 6.45) is 0.533. The Hall–Kier alpha value is -0.353. The van der Waals surface area contributed by atoms with Gasteiger partial charge in [-0.05, 0) is 18.1 Å². The van der Waals surface area contributed by atoms with Crippen molar-refractivity contribution in [2.24, 2.45) is 0 Å². The van der Waals surface area contributed by atoms with E-state index in [1.54, 1.807) is 0 Å². The molecule has 14 heavy (non-hydrogen) atoms. The van der Waals surface area contributed by atoms with Crippen LogP contribution in [0.3, 0.4) is 0 Å². The van der Waals surface area contributed by atoms with Gasteiger partial charge in [0.15, 0.2) is 8.32 Å². The van der Waals surface area contributed by atoms with Gasteiger partial charge in [0.2, 0.25) is 0 Å². The molecule has 4 heteroatoms. The molecule has 0 N–H and O–H groups in total. The van der Waals surface area contributed by atoms with E-state index in [0.717, 1.165) is 0 Å². The van der Waals surface area contributed by atoms with Gasteiger partial charge in [0, 0.05) is 0 Å². The summed E-state index contributed by atoms with van der Waals surface area (Å²) in [5.41, 5.74) is 0. The lowest BCUT2D eigenvalue weighted by Crippen LogP contribution is -2.45. The van der Waals surface area contributed by atoms with Crippen molar-refractivity contribution < 1.29 is 14.0 Å². The molecule has 1 aliphatic rings.